The summed E-state index contributed by atoms with van der Waals surface area (Å²) in [6.45, 7) is 6.35. The number of carboxylic acids is 1. The summed E-state index contributed by atoms with van der Waals surface area (Å²) in [5, 5.41) is 10.6. The first-order valence-corrected chi connectivity index (χ1v) is 13.1. The van der Waals surface area contributed by atoms with Crippen molar-refractivity contribution in [3.05, 3.63) is 58.1 Å². The summed E-state index contributed by atoms with van der Waals surface area (Å²) in [6.07, 6.45) is 2.39. The molecule has 0 heterocycles. The SMILES string of the molecule is COc1ccc(CCN(C)CCC(OC[C@@H]2CCc3cc(Cl)ccc3[C@@H]2C(C)C)C(=O)O)cc1OC. The summed E-state index contributed by atoms with van der Waals surface area (Å²) in [5.41, 5.74) is 3.78. The van der Waals surface area contributed by atoms with Crippen molar-refractivity contribution in [2.75, 3.05) is 41.0 Å². The predicted octanol–water partition coefficient (Wildman–Crippen LogP) is 5.69. The fraction of sp³-hybridized carbons (Fsp3) is 0.552. The predicted molar refractivity (Wildman–Crippen MR) is 144 cm³/mol. The van der Waals surface area contributed by atoms with E-state index in [0.717, 1.165) is 36.4 Å². The lowest BCUT2D eigenvalue weighted by atomic mass is 9.70. The minimum Gasteiger partial charge on any atom is -0.493 e. The van der Waals surface area contributed by atoms with E-state index in [4.69, 9.17) is 25.8 Å². The normalized spacial score (nSPS) is 18.2. The van der Waals surface area contributed by atoms with Gasteiger partial charge in [-0.2, -0.15) is 0 Å². The summed E-state index contributed by atoms with van der Waals surface area (Å²) in [4.78, 5) is 14.1. The highest BCUT2D eigenvalue weighted by atomic mass is 35.5. The molecule has 0 bridgehead atoms. The van der Waals surface area contributed by atoms with Gasteiger partial charge in [0.1, 0.15) is 0 Å². The molecule has 0 aromatic heterocycles. The van der Waals surface area contributed by atoms with Gasteiger partial charge in [0.05, 0.1) is 20.8 Å². The van der Waals surface area contributed by atoms with E-state index in [1.54, 1.807) is 14.2 Å². The number of fused-ring (bicyclic) bond motifs is 1. The number of benzene rings is 2. The molecule has 0 radical (unpaired) electrons. The van der Waals surface area contributed by atoms with Gasteiger partial charge in [0.15, 0.2) is 17.6 Å². The first kappa shape index (κ1) is 28.3. The summed E-state index contributed by atoms with van der Waals surface area (Å²) < 4.78 is 16.7. The second kappa shape index (κ2) is 13.3. The van der Waals surface area contributed by atoms with Crippen LogP contribution in [0.5, 0.6) is 11.5 Å². The second-order valence-electron chi connectivity index (χ2n) is 10.1. The fourth-order valence-corrected chi connectivity index (χ4v) is 5.50. The Bertz CT molecular complexity index is 1010. The van der Waals surface area contributed by atoms with E-state index in [2.05, 4.69) is 30.9 Å². The summed E-state index contributed by atoms with van der Waals surface area (Å²) >= 11 is 6.22. The molecular formula is C29H40ClNO5. The zero-order chi connectivity index (χ0) is 26.2. The quantitative estimate of drug-likeness (QED) is 0.368. The van der Waals surface area contributed by atoms with Gasteiger partial charge in [-0.15, -0.1) is 0 Å². The van der Waals surface area contributed by atoms with Crippen LogP contribution in [0.15, 0.2) is 36.4 Å². The van der Waals surface area contributed by atoms with Crippen LogP contribution in [0.1, 0.15) is 49.3 Å². The summed E-state index contributed by atoms with van der Waals surface area (Å²) in [5.74, 6) is 1.59. The topological polar surface area (TPSA) is 68.2 Å². The number of hydrogen-bond donors (Lipinski definition) is 1. The largest absolute Gasteiger partial charge is 0.493 e. The number of halogens is 1. The zero-order valence-corrected chi connectivity index (χ0v) is 22.9. The number of carboxylic acid groups (broad SMARTS) is 1. The Kier molecular flexibility index (Phi) is 10.5. The van der Waals surface area contributed by atoms with Crippen molar-refractivity contribution in [1.29, 1.82) is 0 Å². The van der Waals surface area contributed by atoms with E-state index >= 15 is 0 Å². The molecule has 0 saturated heterocycles. The number of likely N-dealkylation sites (N-methyl/N-ethyl adjacent to an activating group) is 1. The molecule has 0 amide bonds. The number of ether oxygens (including phenoxy) is 3. The summed E-state index contributed by atoms with van der Waals surface area (Å²) in [7, 11) is 5.26. The molecule has 3 rings (SSSR count). The Balaban J connectivity index is 1.52. The first-order valence-electron chi connectivity index (χ1n) is 12.8. The van der Waals surface area contributed by atoms with Gasteiger partial charge in [-0.1, -0.05) is 37.6 Å². The lowest BCUT2D eigenvalue weighted by molar-refractivity contribution is -0.152. The molecule has 7 heteroatoms. The van der Waals surface area contributed by atoms with Crippen LogP contribution in [-0.4, -0.2) is 63.0 Å². The van der Waals surface area contributed by atoms with E-state index in [9.17, 15) is 9.90 Å². The van der Waals surface area contributed by atoms with Crippen LogP contribution in [0.4, 0.5) is 0 Å². The van der Waals surface area contributed by atoms with Crippen LogP contribution in [0, 0.1) is 11.8 Å². The van der Waals surface area contributed by atoms with Crippen LogP contribution in [0.25, 0.3) is 0 Å². The van der Waals surface area contributed by atoms with Crippen LogP contribution in [-0.2, 0) is 22.4 Å². The van der Waals surface area contributed by atoms with Gasteiger partial charge < -0.3 is 24.2 Å². The molecule has 36 heavy (non-hydrogen) atoms. The maximum atomic E-state index is 12.0. The Morgan fingerprint density at radius 2 is 1.86 bits per heavy atom. The molecular weight excluding hydrogens is 478 g/mol. The third-order valence-electron chi connectivity index (χ3n) is 7.26. The molecule has 0 spiro atoms. The molecule has 1 aliphatic carbocycles. The van der Waals surface area contributed by atoms with Gasteiger partial charge >= 0.3 is 5.97 Å². The van der Waals surface area contributed by atoms with Crippen molar-refractivity contribution in [3.8, 4) is 11.5 Å². The van der Waals surface area contributed by atoms with Crippen molar-refractivity contribution >= 4 is 17.6 Å². The number of aryl methyl sites for hydroxylation is 1. The van der Waals surface area contributed by atoms with Crippen LogP contribution in [0.3, 0.4) is 0 Å². The maximum Gasteiger partial charge on any atom is 0.332 e. The standard InChI is InChI=1S/C29H40ClNO5/c1-19(2)28-22(8-7-21-17-23(30)9-10-24(21)28)18-36-26(29(32)33)13-15-31(3)14-12-20-6-11-25(34-4)27(16-20)35-5/h6,9-11,16-17,19,22,26,28H,7-8,12-15,18H2,1-5H3,(H,32,33)/t22-,26?,28+/m0/s1. The Morgan fingerprint density at radius 3 is 2.53 bits per heavy atom. The Hall–Kier alpha value is -2.28. The van der Waals surface area contributed by atoms with Gasteiger partial charge in [-0.05, 0) is 91.4 Å². The first-order chi connectivity index (χ1) is 17.2. The van der Waals surface area contributed by atoms with E-state index in [-0.39, 0.29) is 0 Å². The number of hydrogen-bond acceptors (Lipinski definition) is 5. The van der Waals surface area contributed by atoms with Gasteiger partial charge in [-0.25, -0.2) is 4.79 Å². The number of carbonyl (C=O) groups is 1. The van der Waals surface area contributed by atoms with Crippen LogP contribution < -0.4 is 9.47 Å². The summed E-state index contributed by atoms with van der Waals surface area (Å²) in [6, 6.07) is 12.1. The van der Waals surface area contributed by atoms with Gasteiger partial charge in [0.2, 0.25) is 0 Å². The van der Waals surface area contributed by atoms with Crippen molar-refractivity contribution in [2.24, 2.45) is 11.8 Å². The zero-order valence-electron chi connectivity index (χ0n) is 22.1. The maximum absolute atomic E-state index is 12.0. The molecule has 2 aromatic rings. The smallest absolute Gasteiger partial charge is 0.332 e. The number of methoxy groups -OCH3 is 2. The fourth-order valence-electron chi connectivity index (χ4n) is 5.30. The lowest BCUT2D eigenvalue weighted by Gasteiger charge is -2.37. The van der Waals surface area contributed by atoms with Crippen molar-refractivity contribution in [2.45, 2.75) is 51.6 Å². The Labute approximate surface area is 220 Å². The molecule has 198 valence electrons. The molecule has 3 atom stereocenters. The van der Waals surface area contributed by atoms with Crippen LogP contribution in [0.2, 0.25) is 5.02 Å². The number of rotatable bonds is 13. The van der Waals surface area contributed by atoms with E-state index in [1.165, 1.54) is 11.1 Å². The van der Waals surface area contributed by atoms with E-state index in [1.807, 2.05) is 31.3 Å². The third kappa shape index (κ3) is 7.37. The average molecular weight is 518 g/mol. The third-order valence-corrected chi connectivity index (χ3v) is 7.50. The number of aliphatic carboxylic acids is 1. The van der Waals surface area contributed by atoms with Gasteiger partial charge in [0, 0.05) is 18.1 Å². The molecule has 6 nitrogen and oxygen atoms in total. The minimum absolute atomic E-state index is 0.295. The molecule has 1 aliphatic rings. The van der Waals surface area contributed by atoms with Crippen molar-refractivity contribution in [3.63, 3.8) is 0 Å². The lowest BCUT2D eigenvalue weighted by Crippen LogP contribution is -2.34. The molecule has 0 aliphatic heterocycles. The van der Waals surface area contributed by atoms with Crippen molar-refractivity contribution < 1.29 is 24.1 Å². The van der Waals surface area contributed by atoms with Crippen LogP contribution >= 0.6 is 11.6 Å². The highest BCUT2D eigenvalue weighted by molar-refractivity contribution is 6.30. The molecule has 1 unspecified atom stereocenters. The Morgan fingerprint density at radius 1 is 1.11 bits per heavy atom. The molecule has 0 saturated carbocycles. The van der Waals surface area contributed by atoms with Crippen molar-refractivity contribution in [1.82, 2.24) is 4.90 Å². The molecule has 1 N–H and O–H groups in total. The molecule has 0 fully saturated rings. The molecule has 2 aromatic carbocycles. The average Bonchev–Trinajstić information content (AvgIpc) is 2.86. The van der Waals surface area contributed by atoms with Gasteiger partial charge in [0.25, 0.3) is 0 Å². The van der Waals surface area contributed by atoms with E-state index < -0.39 is 12.1 Å². The van der Waals surface area contributed by atoms with Gasteiger partial charge in [-0.3, -0.25) is 0 Å². The highest BCUT2D eigenvalue weighted by Gasteiger charge is 2.33. The highest BCUT2D eigenvalue weighted by Crippen LogP contribution is 2.42. The monoisotopic (exact) mass is 517 g/mol. The minimum atomic E-state index is -0.896. The van der Waals surface area contributed by atoms with E-state index in [0.29, 0.717) is 48.8 Å². The number of nitrogens with zero attached hydrogens (tertiary/aromatic N) is 1. The second-order valence-corrected chi connectivity index (χ2v) is 10.5.